The number of aromatic nitrogens is 1. The van der Waals surface area contributed by atoms with Crippen LogP contribution in [0.5, 0.6) is 0 Å². The summed E-state index contributed by atoms with van der Waals surface area (Å²) in [5.74, 6) is 0.280. The number of anilines is 1. The van der Waals surface area contributed by atoms with E-state index in [2.05, 4.69) is 15.6 Å². The minimum Gasteiger partial charge on any atom is -0.379 e. The summed E-state index contributed by atoms with van der Waals surface area (Å²) in [6.45, 7) is 0.867. The predicted molar refractivity (Wildman–Crippen MR) is 66.2 cm³/mol. The van der Waals surface area contributed by atoms with Crippen LogP contribution in [0.3, 0.4) is 0 Å². The van der Waals surface area contributed by atoms with Crippen LogP contribution in [-0.2, 0) is 4.79 Å². The molecule has 0 aromatic carbocycles. The van der Waals surface area contributed by atoms with Crippen LogP contribution in [-0.4, -0.2) is 22.4 Å². The summed E-state index contributed by atoms with van der Waals surface area (Å²) in [5.41, 5.74) is 0. The van der Waals surface area contributed by atoms with Gasteiger partial charge in [-0.15, -0.1) is 0 Å². The molecular weight excluding hydrogens is 222 g/mol. The number of amides is 1. The van der Waals surface area contributed by atoms with Gasteiger partial charge in [-0.25, -0.2) is 4.98 Å². The van der Waals surface area contributed by atoms with Gasteiger partial charge in [0.05, 0.1) is 10.9 Å². The lowest BCUT2D eigenvalue weighted by Crippen LogP contribution is -2.41. The number of piperidine rings is 1. The Kier molecular flexibility index (Phi) is 3.46. The summed E-state index contributed by atoms with van der Waals surface area (Å²) < 4.78 is 0. The Balaban J connectivity index is 2.00. The molecule has 0 spiro atoms. The molecule has 0 radical (unpaired) electrons. The highest BCUT2D eigenvalue weighted by Crippen LogP contribution is 2.14. The van der Waals surface area contributed by atoms with Crippen molar-refractivity contribution in [2.75, 3.05) is 11.9 Å². The molecule has 4 nitrogen and oxygen atoms in total. The molecule has 1 amide bonds. The average molecular weight is 235 g/mol. The Bertz CT molecular complexity index is 393. The second kappa shape index (κ2) is 5.03. The van der Waals surface area contributed by atoms with Crippen LogP contribution in [0.15, 0.2) is 24.4 Å². The highest BCUT2D eigenvalue weighted by molar-refractivity contribution is 7.80. The molecule has 0 aliphatic carbocycles. The number of nitrogens with one attached hydrogen (secondary N) is 2. The molecular formula is C11H13N3OS. The van der Waals surface area contributed by atoms with Crippen molar-refractivity contribution in [2.24, 2.45) is 5.92 Å². The van der Waals surface area contributed by atoms with Gasteiger partial charge < -0.3 is 10.6 Å². The molecule has 0 saturated carbocycles. The molecule has 1 aliphatic heterocycles. The molecule has 1 aromatic heterocycles. The molecule has 1 unspecified atom stereocenters. The monoisotopic (exact) mass is 235 g/mol. The van der Waals surface area contributed by atoms with E-state index in [1.807, 2.05) is 12.1 Å². The third-order valence-electron chi connectivity index (χ3n) is 2.52. The fourth-order valence-corrected chi connectivity index (χ4v) is 2.00. The summed E-state index contributed by atoms with van der Waals surface area (Å²) in [5, 5.41) is 5.81. The maximum Gasteiger partial charge on any atom is 0.235 e. The molecule has 1 saturated heterocycles. The smallest absolute Gasteiger partial charge is 0.235 e. The van der Waals surface area contributed by atoms with Gasteiger partial charge in [0.15, 0.2) is 0 Å². The molecule has 5 heteroatoms. The second-order valence-corrected chi connectivity index (χ2v) is 4.13. The fraction of sp³-hybridized carbons (Fsp3) is 0.364. The summed E-state index contributed by atoms with van der Waals surface area (Å²) >= 11 is 5.13. The van der Waals surface area contributed by atoms with Crippen molar-refractivity contribution < 1.29 is 4.79 Å². The molecule has 2 rings (SSSR count). The van der Waals surface area contributed by atoms with Crippen LogP contribution >= 0.6 is 12.2 Å². The van der Waals surface area contributed by atoms with Gasteiger partial charge in [-0.3, -0.25) is 4.79 Å². The predicted octanol–water partition coefficient (Wildman–Crippen LogP) is 1.35. The largest absolute Gasteiger partial charge is 0.379 e. The van der Waals surface area contributed by atoms with Gasteiger partial charge in [0.25, 0.3) is 0 Å². The van der Waals surface area contributed by atoms with E-state index in [4.69, 9.17) is 12.2 Å². The zero-order valence-electron chi connectivity index (χ0n) is 8.77. The number of nitrogens with zero attached hydrogens (tertiary/aromatic N) is 1. The standard InChI is InChI=1S/C11H13N3OS/c15-10(8-4-3-7-13-11(8)16)14-9-5-1-2-6-12-9/h1-2,5-6,8H,3-4,7H2,(H,13,16)(H,12,14,15). The average Bonchev–Trinajstić information content (AvgIpc) is 2.31. The number of rotatable bonds is 2. The first kappa shape index (κ1) is 11.0. The fourth-order valence-electron chi connectivity index (χ4n) is 1.67. The molecule has 2 N–H and O–H groups in total. The van der Waals surface area contributed by atoms with Gasteiger partial charge in [-0.05, 0) is 25.0 Å². The van der Waals surface area contributed by atoms with Crippen molar-refractivity contribution in [1.82, 2.24) is 10.3 Å². The maximum absolute atomic E-state index is 11.9. The number of hydrogen-bond acceptors (Lipinski definition) is 3. The number of carbonyl (C=O) groups is 1. The van der Waals surface area contributed by atoms with Gasteiger partial charge >= 0.3 is 0 Å². The normalized spacial score (nSPS) is 20.0. The molecule has 0 bridgehead atoms. The molecule has 1 fully saturated rings. The quantitative estimate of drug-likeness (QED) is 0.760. The lowest BCUT2D eigenvalue weighted by atomic mass is 9.99. The van der Waals surface area contributed by atoms with Crippen LogP contribution in [0, 0.1) is 5.92 Å². The number of pyridine rings is 1. The summed E-state index contributed by atoms with van der Waals surface area (Å²) in [7, 11) is 0. The zero-order valence-corrected chi connectivity index (χ0v) is 9.59. The van der Waals surface area contributed by atoms with E-state index in [9.17, 15) is 4.79 Å². The lowest BCUT2D eigenvalue weighted by Gasteiger charge is -2.23. The van der Waals surface area contributed by atoms with Gasteiger partial charge in [0.2, 0.25) is 5.91 Å². The van der Waals surface area contributed by atoms with E-state index in [0.29, 0.717) is 10.8 Å². The minimum atomic E-state index is -0.217. The van der Waals surface area contributed by atoms with Crippen molar-refractivity contribution in [2.45, 2.75) is 12.8 Å². The van der Waals surface area contributed by atoms with E-state index in [0.717, 1.165) is 19.4 Å². The Labute approximate surface area is 99.5 Å². The molecule has 84 valence electrons. The third kappa shape index (κ3) is 2.55. The van der Waals surface area contributed by atoms with E-state index >= 15 is 0 Å². The van der Waals surface area contributed by atoms with Crippen molar-refractivity contribution >= 4 is 28.9 Å². The van der Waals surface area contributed by atoms with Crippen LogP contribution in [0.25, 0.3) is 0 Å². The van der Waals surface area contributed by atoms with Crippen molar-refractivity contribution in [3.05, 3.63) is 24.4 Å². The SMILES string of the molecule is O=C(Nc1ccccn1)C1CCCNC1=S. The zero-order chi connectivity index (χ0) is 11.4. The number of carbonyl (C=O) groups excluding carboxylic acids is 1. The first-order valence-electron chi connectivity index (χ1n) is 5.27. The van der Waals surface area contributed by atoms with Gasteiger partial charge in [-0.1, -0.05) is 18.3 Å². The van der Waals surface area contributed by atoms with Crippen molar-refractivity contribution in [1.29, 1.82) is 0 Å². The van der Waals surface area contributed by atoms with Crippen molar-refractivity contribution in [3.63, 3.8) is 0 Å². The summed E-state index contributed by atoms with van der Waals surface area (Å²) in [6, 6.07) is 5.40. The Morgan fingerprint density at radius 1 is 1.56 bits per heavy atom. The van der Waals surface area contributed by atoms with E-state index < -0.39 is 0 Å². The van der Waals surface area contributed by atoms with Gasteiger partial charge in [0, 0.05) is 12.7 Å². The molecule has 1 atom stereocenters. The van der Waals surface area contributed by atoms with Crippen LogP contribution in [0.4, 0.5) is 5.82 Å². The number of hydrogen-bond donors (Lipinski definition) is 2. The van der Waals surface area contributed by atoms with Crippen LogP contribution < -0.4 is 10.6 Å². The second-order valence-electron chi connectivity index (χ2n) is 3.69. The first-order chi connectivity index (χ1) is 7.77. The van der Waals surface area contributed by atoms with Crippen molar-refractivity contribution in [3.8, 4) is 0 Å². The van der Waals surface area contributed by atoms with Gasteiger partial charge in [-0.2, -0.15) is 0 Å². The third-order valence-corrected chi connectivity index (χ3v) is 2.95. The van der Waals surface area contributed by atoms with E-state index in [1.54, 1.807) is 12.3 Å². The molecule has 1 aliphatic rings. The maximum atomic E-state index is 11.9. The summed E-state index contributed by atoms with van der Waals surface area (Å²) in [6.07, 6.45) is 3.43. The summed E-state index contributed by atoms with van der Waals surface area (Å²) in [4.78, 5) is 16.6. The highest BCUT2D eigenvalue weighted by atomic mass is 32.1. The topological polar surface area (TPSA) is 54.0 Å². The van der Waals surface area contributed by atoms with E-state index in [-0.39, 0.29) is 11.8 Å². The van der Waals surface area contributed by atoms with Gasteiger partial charge in [0.1, 0.15) is 5.82 Å². The minimum absolute atomic E-state index is 0.0732. The molecule has 2 heterocycles. The highest BCUT2D eigenvalue weighted by Gasteiger charge is 2.25. The molecule has 1 aromatic rings. The van der Waals surface area contributed by atoms with Crippen LogP contribution in [0.1, 0.15) is 12.8 Å². The Morgan fingerprint density at radius 2 is 2.44 bits per heavy atom. The van der Waals surface area contributed by atoms with Crippen LogP contribution in [0.2, 0.25) is 0 Å². The molecule has 16 heavy (non-hydrogen) atoms. The lowest BCUT2D eigenvalue weighted by molar-refractivity contribution is -0.118. The van der Waals surface area contributed by atoms with E-state index in [1.165, 1.54) is 0 Å². The Morgan fingerprint density at radius 3 is 3.12 bits per heavy atom. The number of thiocarbonyl (C=S) groups is 1. The first-order valence-corrected chi connectivity index (χ1v) is 5.68. The Hall–Kier alpha value is -1.49.